The summed E-state index contributed by atoms with van der Waals surface area (Å²) in [7, 11) is -1.33. The van der Waals surface area contributed by atoms with E-state index in [0.29, 0.717) is 33.4 Å². The van der Waals surface area contributed by atoms with Gasteiger partial charge in [-0.1, -0.05) is 41.8 Å². The molecule has 0 saturated carbocycles. The van der Waals surface area contributed by atoms with Gasteiger partial charge in [0.25, 0.3) is 5.91 Å². The lowest BCUT2D eigenvalue weighted by Gasteiger charge is -2.26. The van der Waals surface area contributed by atoms with Crippen LogP contribution >= 0.6 is 23.2 Å². The molecule has 1 unspecified atom stereocenters. The van der Waals surface area contributed by atoms with Crippen LogP contribution in [0.15, 0.2) is 47.9 Å². The minimum Gasteiger partial charge on any atom is -0.283 e. The molecule has 3 aromatic rings. The van der Waals surface area contributed by atoms with Crippen LogP contribution in [0.2, 0.25) is 10.0 Å². The van der Waals surface area contributed by atoms with Gasteiger partial charge in [0.05, 0.1) is 33.0 Å². The Morgan fingerprint density at radius 2 is 1.83 bits per heavy atom. The Labute approximate surface area is 215 Å². The summed E-state index contributed by atoms with van der Waals surface area (Å²) >= 11 is 12.6. The highest BCUT2D eigenvalue weighted by molar-refractivity contribution is 7.87. The van der Waals surface area contributed by atoms with E-state index in [1.807, 2.05) is 5.01 Å². The summed E-state index contributed by atoms with van der Waals surface area (Å²) in [6.07, 6.45) is 3.56. The molecule has 6 nitrogen and oxygen atoms in total. The molecule has 2 aliphatic rings. The van der Waals surface area contributed by atoms with Crippen molar-refractivity contribution >= 4 is 45.5 Å². The lowest BCUT2D eigenvalue weighted by Crippen LogP contribution is -2.45. The molecule has 2 aromatic carbocycles. The summed E-state index contributed by atoms with van der Waals surface area (Å²) < 4.78 is 27.9. The second kappa shape index (κ2) is 10.2. The fourth-order valence-electron chi connectivity index (χ4n) is 4.47. The number of carbonyl (C=O) groups excluding carboxylic acids is 1. The first-order chi connectivity index (χ1) is 16.9. The number of hydrazine groups is 1. The average molecular weight is 533 g/mol. The lowest BCUT2D eigenvalue weighted by atomic mass is 10.00. The number of rotatable bonds is 5. The number of aromatic nitrogens is 2. The Balaban J connectivity index is 1.60. The van der Waals surface area contributed by atoms with E-state index >= 15 is 0 Å². The number of fused-ring (bicyclic) bond motifs is 1. The van der Waals surface area contributed by atoms with Crippen LogP contribution in [-0.2, 0) is 23.0 Å². The van der Waals surface area contributed by atoms with Gasteiger partial charge in [-0.3, -0.25) is 14.4 Å². The van der Waals surface area contributed by atoms with Gasteiger partial charge in [0.2, 0.25) is 0 Å². The van der Waals surface area contributed by atoms with Crippen molar-refractivity contribution in [1.82, 2.24) is 20.2 Å². The van der Waals surface area contributed by atoms with Crippen molar-refractivity contribution in [3.05, 3.63) is 86.2 Å². The second-order valence-corrected chi connectivity index (χ2v) is 10.8. The molecule has 0 spiro atoms. The monoisotopic (exact) mass is 532 g/mol. The normalized spacial score (nSPS) is 18.1. The first-order valence-corrected chi connectivity index (χ1v) is 13.5. The van der Waals surface area contributed by atoms with Gasteiger partial charge in [0, 0.05) is 35.5 Å². The molecule has 0 bridgehead atoms. The minimum absolute atomic E-state index is 0.163. The van der Waals surface area contributed by atoms with Crippen molar-refractivity contribution in [2.45, 2.75) is 31.4 Å². The van der Waals surface area contributed by atoms with Crippen molar-refractivity contribution in [2.75, 3.05) is 13.1 Å². The van der Waals surface area contributed by atoms with Gasteiger partial charge in [-0.2, -0.15) is 5.10 Å². The number of nitrogens with one attached hydrogen (secondary N) is 1. The van der Waals surface area contributed by atoms with Crippen LogP contribution in [0.25, 0.3) is 11.3 Å². The molecule has 0 aliphatic carbocycles. The Kier molecular flexibility index (Phi) is 7.07. The largest absolute Gasteiger partial charge is 0.286 e. The highest BCUT2D eigenvalue weighted by Gasteiger charge is 2.31. The topological polar surface area (TPSA) is 67.2 Å². The summed E-state index contributed by atoms with van der Waals surface area (Å²) in [6.45, 7) is 1.55. The zero-order valence-electron chi connectivity index (χ0n) is 18.8. The number of halogens is 3. The van der Waals surface area contributed by atoms with Crippen molar-refractivity contribution in [3.63, 3.8) is 0 Å². The Hall–Kier alpha value is -2.52. The zero-order chi connectivity index (χ0) is 24.5. The van der Waals surface area contributed by atoms with Crippen molar-refractivity contribution in [3.8, 4) is 5.69 Å². The molecule has 1 N–H and O–H groups in total. The third kappa shape index (κ3) is 5.21. The number of hydrogen-bond acceptors (Lipinski definition) is 4. The van der Waals surface area contributed by atoms with Crippen LogP contribution in [0.5, 0.6) is 0 Å². The molecule has 1 amide bonds. The van der Waals surface area contributed by atoms with Crippen molar-refractivity contribution in [1.29, 1.82) is 0 Å². The molecule has 0 radical (unpaired) electrons. The molecule has 1 atom stereocenters. The van der Waals surface area contributed by atoms with Gasteiger partial charge < -0.3 is 0 Å². The number of amides is 1. The summed E-state index contributed by atoms with van der Waals surface area (Å²) in [5.74, 6) is -0.506. The fourth-order valence-corrected chi connectivity index (χ4v) is 6.12. The maximum Gasteiger partial charge on any atom is 0.286 e. The van der Waals surface area contributed by atoms with E-state index in [1.54, 1.807) is 40.4 Å². The summed E-state index contributed by atoms with van der Waals surface area (Å²) in [4.78, 5) is 13.3. The SMILES string of the molecule is O=C(NN1CCCCC1)c1nn(-c2ccc(Cl)cc2Cl)c2c1CS(=O)C=C2Cc1ccc(F)cc1. The van der Waals surface area contributed by atoms with Crippen LogP contribution in [0.3, 0.4) is 0 Å². The molecule has 182 valence electrons. The third-order valence-corrected chi connectivity index (χ3v) is 7.78. The van der Waals surface area contributed by atoms with E-state index in [-0.39, 0.29) is 23.2 Å². The average Bonchev–Trinajstić information content (AvgIpc) is 3.20. The molecule has 5 rings (SSSR count). The van der Waals surface area contributed by atoms with Gasteiger partial charge in [-0.15, -0.1) is 0 Å². The Morgan fingerprint density at radius 1 is 1.09 bits per heavy atom. The molecular weight excluding hydrogens is 510 g/mol. The third-order valence-electron chi connectivity index (χ3n) is 6.12. The van der Waals surface area contributed by atoms with E-state index in [1.165, 1.54) is 12.1 Å². The fraction of sp³-hybridized carbons (Fsp3) is 0.280. The molecule has 1 saturated heterocycles. The van der Waals surface area contributed by atoms with Crippen molar-refractivity contribution < 1.29 is 13.4 Å². The molecule has 35 heavy (non-hydrogen) atoms. The van der Waals surface area contributed by atoms with Gasteiger partial charge in [0.15, 0.2) is 5.69 Å². The number of hydrogen-bond donors (Lipinski definition) is 1. The van der Waals surface area contributed by atoms with E-state index < -0.39 is 10.8 Å². The highest BCUT2D eigenvalue weighted by Crippen LogP contribution is 2.36. The zero-order valence-corrected chi connectivity index (χ0v) is 21.1. The van der Waals surface area contributed by atoms with Gasteiger partial charge in [-0.05, 0) is 54.3 Å². The quantitative estimate of drug-likeness (QED) is 0.484. The van der Waals surface area contributed by atoms with Crippen LogP contribution in [0.4, 0.5) is 4.39 Å². The number of carbonyl (C=O) groups is 1. The molecular formula is C25H23Cl2FN4O2S. The van der Waals surface area contributed by atoms with Crippen LogP contribution in [0, 0.1) is 5.82 Å². The molecule has 3 heterocycles. The first-order valence-electron chi connectivity index (χ1n) is 11.3. The van der Waals surface area contributed by atoms with Crippen LogP contribution < -0.4 is 5.43 Å². The van der Waals surface area contributed by atoms with Crippen LogP contribution in [-0.4, -0.2) is 38.0 Å². The predicted molar refractivity (Wildman–Crippen MR) is 136 cm³/mol. The Bertz CT molecular complexity index is 1330. The lowest BCUT2D eigenvalue weighted by molar-refractivity contribution is 0.0743. The van der Waals surface area contributed by atoms with Gasteiger partial charge in [-0.25, -0.2) is 14.1 Å². The minimum atomic E-state index is -1.33. The standard InChI is InChI=1S/C25H23Cl2FN4O2S/c26-18-6-9-22(21(27)13-18)32-24-17(12-16-4-7-19(28)8-5-16)14-35(34)15-20(24)23(29-32)25(33)30-31-10-2-1-3-11-31/h4-9,13-14H,1-3,10-12,15H2,(H,30,33). The summed E-state index contributed by atoms with van der Waals surface area (Å²) in [5, 5.41) is 9.11. The summed E-state index contributed by atoms with van der Waals surface area (Å²) in [6, 6.07) is 11.2. The second-order valence-electron chi connectivity index (χ2n) is 8.64. The highest BCUT2D eigenvalue weighted by atomic mass is 35.5. The van der Waals surface area contributed by atoms with Crippen LogP contribution in [0.1, 0.15) is 46.6 Å². The Morgan fingerprint density at radius 3 is 2.54 bits per heavy atom. The first kappa shape index (κ1) is 24.2. The van der Waals surface area contributed by atoms with Gasteiger partial charge >= 0.3 is 0 Å². The van der Waals surface area contributed by atoms with E-state index in [9.17, 15) is 13.4 Å². The number of piperidine rings is 1. The molecule has 10 heteroatoms. The number of benzene rings is 2. The van der Waals surface area contributed by atoms with Gasteiger partial charge in [0.1, 0.15) is 5.82 Å². The smallest absolute Gasteiger partial charge is 0.283 e. The number of allylic oxidation sites excluding steroid dienone is 1. The number of nitrogens with zero attached hydrogens (tertiary/aromatic N) is 3. The maximum atomic E-state index is 13.5. The molecule has 2 aliphatic heterocycles. The van der Waals surface area contributed by atoms with Crippen molar-refractivity contribution in [2.24, 2.45) is 0 Å². The molecule has 1 aromatic heterocycles. The predicted octanol–water partition coefficient (Wildman–Crippen LogP) is 5.29. The van der Waals surface area contributed by atoms with E-state index in [4.69, 9.17) is 23.2 Å². The maximum absolute atomic E-state index is 13.5. The van der Waals surface area contributed by atoms with E-state index in [2.05, 4.69) is 10.5 Å². The molecule has 1 fully saturated rings. The van der Waals surface area contributed by atoms with E-state index in [0.717, 1.165) is 43.5 Å². The summed E-state index contributed by atoms with van der Waals surface area (Å²) in [5.41, 5.74) is 6.58.